The first-order chi connectivity index (χ1) is 9.13. The van der Waals surface area contributed by atoms with Gasteiger partial charge in [-0.25, -0.2) is 0 Å². The summed E-state index contributed by atoms with van der Waals surface area (Å²) in [5.74, 6) is 1.44. The van der Waals surface area contributed by atoms with E-state index in [0.29, 0.717) is 16.5 Å². The minimum atomic E-state index is 0.567. The molecule has 0 spiro atoms. The van der Waals surface area contributed by atoms with Crippen LogP contribution in [0.2, 0.25) is 5.02 Å². The molecule has 0 radical (unpaired) electrons. The zero-order valence-electron chi connectivity index (χ0n) is 10.7. The molecule has 0 aliphatic rings. The lowest BCUT2D eigenvalue weighted by Gasteiger charge is -2.14. The number of methoxy groups -OCH3 is 2. The summed E-state index contributed by atoms with van der Waals surface area (Å²) < 4.78 is 10.5. The Morgan fingerprint density at radius 1 is 1.00 bits per heavy atom. The number of halogens is 1. The highest BCUT2D eigenvalue weighted by Gasteiger charge is 2.07. The fraction of sp³-hybridized carbons (Fsp3) is 0.143. The highest BCUT2D eigenvalue weighted by molar-refractivity contribution is 6.31. The van der Waals surface area contributed by atoms with E-state index in [-0.39, 0.29) is 0 Å². The van der Waals surface area contributed by atoms with Gasteiger partial charge < -0.3 is 20.5 Å². The molecule has 0 heterocycles. The summed E-state index contributed by atoms with van der Waals surface area (Å²) in [6.45, 7) is 0. The Morgan fingerprint density at radius 3 is 2.42 bits per heavy atom. The minimum absolute atomic E-state index is 0.567. The molecule has 0 aliphatic heterocycles. The van der Waals surface area contributed by atoms with Crippen molar-refractivity contribution >= 4 is 28.7 Å². The molecule has 0 saturated carbocycles. The number of nitrogens with two attached hydrogens (primary N) is 1. The second-order valence-electron chi connectivity index (χ2n) is 3.92. The molecule has 5 heteroatoms. The Bertz CT molecular complexity index is 588. The fourth-order valence-corrected chi connectivity index (χ4v) is 1.88. The van der Waals surface area contributed by atoms with Gasteiger partial charge in [0.1, 0.15) is 11.5 Å². The van der Waals surface area contributed by atoms with Crippen LogP contribution >= 0.6 is 11.6 Å². The van der Waals surface area contributed by atoms with Crippen LogP contribution in [-0.4, -0.2) is 14.2 Å². The van der Waals surface area contributed by atoms with Gasteiger partial charge in [-0.2, -0.15) is 0 Å². The molecular formula is C14H15ClN2O2. The first kappa shape index (κ1) is 13.4. The molecule has 2 rings (SSSR count). The van der Waals surface area contributed by atoms with Gasteiger partial charge >= 0.3 is 0 Å². The third kappa shape index (κ3) is 3.03. The van der Waals surface area contributed by atoms with E-state index in [0.717, 1.165) is 17.1 Å². The summed E-state index contributed by atoms with van der Waals surface area (Å²) in [6, 6.07) is 10.8. The lowest BCUT2D eigenvalue weighted by atomic mass is 10.2. The molecule has 19 heavy (non-hydrogen) atoms. The Labute approximate surface area is 117 Å². The normalized spacial score (nSPS) is 10.1. The molecule has 2 aromatic rings. The SMILES string of the molecule is COc1ccc(OC)c(Nc2ccc(Cl)cc2N)c1. The van der Waals surface area contributed by atoms with Crippen LogP contribution in [0.3, 0.4) is 0 Å². The molecule has 0 unspecified atom stereocenters. The topological polar surface area (TPSA) is 56.5 Å². The quantitative estimate of drug-likeness (QED) is 0.838. The summed E-state index contributed by atoms with van der Waals surface area (Å²) in [6.07, 6.45) is 0. The lowest BCUT2D eigenvalue weighted by molar-refractivity contribution is 0.405. The van der Waals surface area contributed by atoms with Crippen molar-refractivity contribution in [3.63, 3.8) is 0 Å². The molecule has 100 valence electrons. The number of nitrogens with one attached hydrogen (secondary N) is 1. The average Bonchev–Trinajstić information content (AvgIpc) is 2.41. The van der Waals surface area contributed by atoms with Crippen molar-refractivity contribution < 1.29 is 9.47 Å². The number of nitrogen functional groups attached to an aromatic ring is 1. The van der Waals surface area contributed by atoms with Crippen LogP contribution in [0.1, 0.15) is 0 Å². The molecule has 0 aliphatic carbocycles. The van der Waals surface area contributed by atoms with Crippen molar-refractivity contribution in [3.8, 4) is 11.5 Å². The predicted molar refractivity (Wildman–Crippen MR) is 78.7 cm³/mol. The van der Waals surface area contributed by atoms with E-state index in [9.17, 15) is 0 Å². The number of rotatable bonds is 4. The van der Waals surface area contributed by atoms with Gasteiger partial charge in [0, 0.05) is 11.1 Å². The molecule has 0 bridgehead atoms. The first-order valence-electron chi connectivity index (χ1n) is 5.68. The van der Waals surface area contributed by atoms with E-state index in [1.54, 1.807) is 26.4 Å². The van der Waals surface area contributed by atoms with Crippen molar-refractivity contribution in [1.29, 1.82) is 0 Å². The Kier molecular flexibility index (Phi) is 4.02. The van der Waals surface area contributed by atoms with Gasteiger partial charge in [0.2, 0.25) is 0 Å². The third-order valence-electron chi connectivity index (χ3n) is 2.69. The molecule has 0 aromatic heterocycles. The Morgan fingerprint density at radius 2 is 1.79 bits per heavy atom. The monoisotopic (exact) mass is 278 g/mol. The van der Waals surface area contributed by atoms with Gasteiger partial charge in [0.25, 0.3) is 0 Å². The largest absolute Gasteiger partial charge is 0.497 e. The second-order valence-corrected chi connectivity index (χ2v) is 4.36. The molecule has 3 N–H and O–H groups in total. The Balaban J connectivity index is 2.36. The maximum Gasteiger partial charge on any atom is 0.142 e. The summed E-state index contributed by atoms with van der Waals surface area (Å²) in [5, 5.41) is 3.80. The van der Waals surface area contributed by atoms with E-state index in [1.807, 2.05) is 24.3 Å². The van der Waals surface area contributed by atoms with Crippen LogP contribution in [0.5, 0.6) is 11.5 Å². The average molecular weight is 279 g/mol. The van der Waals surface area contributed by atoms with Crippen LogP contribution < -0.4 is 20.5 Å². The molecule has 0 amide bonds. The van der Waals surface area contributed by atoms with Crippen LogP contribution in [0.25, 0.3) is 0 Å². The van der Waals surface area contributed by atoms with Gasteiger partial charge in [-0.1, -0.05) is 11.6 Å². The summed E-state index contributed by atoms with van der Waals surface area (Å²) in [5.41, 5.74) is 8.01. The minimum Gasteiger partial charge on any atom is -0.497 e. The number of benzene rings is 2. The van der Waals surface area contributed by atoms with Crippen LogP contribution in [0, 0.1) is 0 Å². The number of anilines is 3. The number of hydrogen-bond donors (Lipinski definition) is 2. The lowest BCUT2D eigenvalue weighted by Crippen LogP contribution is -1.99. The van der Waals surface area contributed by atoms with Crippen molar-refractivity contribution in [1.82, 2.24) is 0 Å². The molecule has 0 fully saturated rings. The van der Waals surface area contributed by atoms with Crippen molar-refractivity contribution in [3.05, 3.63) is 41.4 Å². The van der Waals surface area contributed by atoms with Gasteiger partial charge in [0.05, 0.1) is 31.3 Å². The summed E-state index contributed by atoms with van der Waals surface area (Å²) in [7, 11) is 3.22. The van der Waals surface area contributed by atoms with Crippen molar-refractivity contribution in [2.24, 2.45) is 0 Å². The summed E-state index contributed by atoms with van der Waals surface area (Å²) in [4.78, 5) is 0. The van der Waals surface area contributed by atoms with E-state index in [4.69, 9.17) is 26.8 Å². The second kappa shape index (κ2) is 5.71. The van der Waals surface area contributed by atoms with E-state index in [1.165, 1.54) is 0 Å². The third-order valence-corrected chi connectivity index (χ3v) is 2.92. The zero-order chi connectivity index (χ0) is 13.8. The maximum absolute atomic E-state index is 5.91. The predicted octanol–water partition coefficient (Wildman–Crippen LogP) is 3.68. The first-order valence-corrected chi connectivity index (χ1v) is 6.06. The van der Waals surface area contributed by atoms with Gasteiger partial charge in [0.15, 0.2) is 0 Å². The van der Waals surface area contributed by atoms with Gasteiger partial charge in [-0.3, -0.25) is 0 Å². The fourth-order valence-electron chi connectivity index (χ4n) is 1.70. The highest BCUT2D eigenvalue weighted by Crippen LogP contribution is 2.33. The molecule has 0 saturated heterocycles. The van der Waals surface area contributed by atoms with E-state index >= 15 is 0 Å². The number of hydrogen-bond acceptors (Lipinski definition) is 4. The van der Waals surface area contributed by atoms with Crippen LogP contribution in [-0.2, 0) is 0 Å². The van der Waals surface area contributed by atoms with E-state index in [2.05, 4.69) is 5.32 Å². The smallest absolute Gasteiger partial charge is 0.142 e. The highest BCUT2D eigenvalue weighted by atomic mass is 35.5. The van der Waals surface area contributed by atoms with Gasteiger partial charge in [-0.05, 0) is 30.3 Å². The molecular weight excluding hydrogens is 264 g/mol. The number of ether oxygens (including phenoxy) is 2. The van der Waals surface area contributed by atoms with Crippen LogP contribution in [0.4, 0.5) is 17.1 Å². The van der Waals surface area contributed by atoms with Crippen LogP contribution in [0.15, 0.2) is 36.4 Å². The van der Waals surface area contributed by atoms with Crippen molar-refractivity contribution in [2.75, 3.05) is 25.3 Å². The molecule has 0 atom stereocenters. The van der Waals surface area contributed by atoms with Crippen molar-refractivity contribution in [2.45, 2.75) is 0 Å². The summed E-state index contributed by atoms with van der Waals surface area (Å²) >= 11 is 5.87. The standard InChI is InChI=1S/C14H15ClN2O2/c1-18-10-4-6-14(19-2)13(8-10)17-12-5-3-9(15)7-11(12)16/h3-8,17H,16H2,1-2H3. The molecule has 2 aromatic carbocycles. The zero-order valence-corrected chi connectivity index (χ0v) is 11.5. The Hall–Kier alpha value is -2.07. The van der Waals surface area contributed by atoms with E-state index < -0.39 is 0 Å². The van der Waals surface area contributed by atoms with Gasteiger partial charge in [-0.15, -0.1) is 0 Å². The molecule has 4 nitrogen and oxygen atoms in total. The maximum atomic E-state index is 5.91.